The van der Waals surface area contributed by atoms with Gasteiger partial charge in [-0.25, -0.2) is 21.9 Å². The maximum Gasteiger partial charge on any atom is 0.240 e. The number of hydrogen-bond acceptors (Lipinski definition) is 2. The van der Waals surface area contributed by atoms with Crippen LogP contribution in [0.2, 0.25) is 0 Å². The van der Waals surface area contributed by atoms with Crippen LogP contribution >= 0.6 is 0 Å². The Balaban J connectivity index is 1.74. The highest BCUT2D eigenvalue weighted by Gasteiger charge is 2.17. The van der Waals surface area contributed by atoms with E-state index < -0.39 is 15.8 Å². The summed E-state index contributed by atoms with van der Waals surface area (Å²) >= 11 is 0. The van der Waals surface area contributed by atoms with Gasteiger partial charge in [0.05, 0.1) is 4.90 Å². The van der Waals surface area contributed by atoms with E-state index in [1.165, 1.54) is 24.3 Å². The fourth-order valence-electron chi connectivity index (χ4n) is 2.67. The minimum atomic E-state index is -3.72. The van der Waals surface area contributed by atoms with Crippen molar-refractivity contribution in [3.05, 3.63) is 65.4 Å². The lowest BCUT2D eigenvalue weighted by Crippen LogP contribution is -2.26. The van der Waals surface area contributed by atoms with E-state index in [9.17, 15) is 17.2 Å². The summed E-state index contributed by atoms with van der Waals surface area (Å²) in [5.74, 6) is -0.821. The first-order valence-corrected chi connectivity index (χ1v) is 8.86. The molecule has 1 heterocycles. The van der Waals surface area contributed by atoms with Gasteiger partial charge in [0.25, 0.3) is 0 Å². The number of nitrogens with one attached hydrogen (secondary N) is 2. The summed E-state index contributed by atoms with van der Waals surface area (Å²) in [5.41, 5.74) is 1.96. The van der Waals surface area contributed by atoms with Crippen LogP contribution in [0.25, 0.3) is 10.9 Å². The number of halogens is 2. The van der Waals surface area contributed by atoms with Gasteiger partial charge in [-0.15, -0.1) is 0 Å². The van der Waals surface area contributed by atoms with Gasteiger partial charge in [0.15, 0.2) is 0 Å². The van der Waals surface area contributed by atoms with E-state index in [2.05, 4.69) is 9.71 Å². The molecule has 0 saturated heterocycles. The van der Waals surface area contributed by atoms with Crippen molar-refractivity contribution in [3.8, 4) is 0 Å². The first kappa shape index (κ1) is 16.6. The average molecular weight is 350 g/mol. The van der Waals surface area contributed by atoms with Gasteiger partial charge in [-0.2, -0.15) is 0 Å². The summed E-state index contributed by atoms with van der Waals surface area (Å²) < 4.78 is 53.6. The molecule has 0 aliphatic rings. The SMILES string of the molecule is Cc1cc(F)ccc1S(=O)(=O)NCCc1c[nH]c2ccc(F)cc12. The molecule has 2 N–H and O–H groups in total. The summed E-state index contributed by atoms with van der Waals surface area (Å²) in [6, 6.07) is 7.96. The van der Waals surface area contributed by atoms with E-state index in [4.69, 9.17) is 0 Å². The zero-order valence-corrected chi connectivity index (χ0v) is 13.8. The molecule has 126 valence electrons. The number of benzene rings is 2. The van der Waals surface area contributed by atoms with Gasteiger partial charge in [0.2, 0.25) is 10.0 Å². The molecule has 0 radical (unpaired) electrons. The number of aromatic amines is 1. The highest BCUT2D eigenvalue weighted by Crippen LogP contribution is 2.20. The second-order valence-corrected chi connectivity index (χ2v) is 7.30. The van der Waals surface area contributed by atoms with Crippen LogP contribution in [-0.4, -0.2) is 19.9 Å². The predicted octanol–water partition coefficient (Wildman–Crippen LogP) is 3.28. The number of H-pyrrole nitrogens is 1. The largest absolute Gasteiger partial charge is 0.361 e. The van der Waals surface area contributed by atoms with E-state index >= 15 is 0 Å². The Morgan fingerprint density at radius 3 is 2.54 bits per heavy atom. The van der Waals surface area contributed by atoms with Crippen LogP contribution in [0, 0.1) is 18.6 Å². The fourth-order valence-corrected chi connectivity index (χ4v) is 3.93. The van der Waals surface area contributed by atoms with Crippen molar-refractivity contribution in [3.63, 3.8) is 0 Å². The first-order valence-electron chi connectivity index (χ1n) is 7.38. The van der Waals surface area contributed by atoms with E-state index in [1.54, 1.807) is 19.2 Å². The molecule has 1 aromatic heterocycles. The van der Waals surface area contributed by atoms with Crippen LogP contribution in [0.1, 0.15) is 11.1 Å². The Morgan fingerprint density at radius 2 is 1.79 bits per heavy atom. The van der Waals surface area contributed by atoms with Crippen LogP contribution < -0.4 is 4.72 Å². The monoisotopic (exact) mass is 350 g/mol. The molecule has 0 fully saturated rings. The Morgan fingerprint density at radius 1 is 1.08 bits per heavy atom. The molecule has 0 unspecified atom stereocenters. The highest BCUT2D eigenvalue weighted by molar-refractivity contribution is 7.89. The third-order valence-electron chi connectivity index (χ3n) is 3.84. The molecular formula is C17H16F2N2O2S. The number of aromatic nitrogens is 1. The fraction of sp³-hybridized carbons (Fsp3) is 0.176. The second-order valence-electron chi connectivity index (χ2n) is 5.56. The zero-order valence-electron chi connectivity index (χ0n) is 12.9. The maximum absolute atomic E-state index is 13.3. The van der Waals surface area contributed by atoms with Crippen molar-refractivity contribution in [2.75, 3.05) is 6.54 Å². The van der Waals surface area contributed by atoms with Gasteiger partial charge >= 0.3 is 0 Å². The molecule has 3 rings (SSSR count). The van der Waals surface area contributed by atoms with E-state index in [0.717, 1.165) is 22.5 Å². The minimum absolute atomic E-state index is 0.0499. The molecule has 0 amide bonds. The molecule has 3 aromatic rings. The predicted molar refractivity (Wildman–Crippen MR) is 88.3 cm³/mol. The van der Waals surface area contributed by atoms with Gasteiger partial charge in [-0.05, 0) is 60.9 Å². The Hall–Kier alpha value is -2.25. The molecule has 4 nitrogen and oxygen atoms in total. The lowest BCUT2D eigenvalue weighted by atomic mass is 10.1. The van der Waals surface area contributed by atoms with Crippen molar-refractivity contribution >= 4 is 20.9 Å². The molecular weight excluding hydrogens is 334 g/mol. The lowest BCUT2D eigenvalue weighted by Gasteiger charge is -2.09. The van der Waals surface area contributed by atoms with Crippen LogP contribution in [0.4, 0.5) is 8.78 Å². The molecule has 7 heteroatoms. The lowest BCUT2D eigenvalue weighted by molar-refractivity contribution is 0.580. The van der Waals surface area contributed by atoms with Crippen molar-refractivity contribution in [2.45, 2.75) is 18.2 Å². The Labute approximate surface area is 138 Å². The van der Waals surface area contributed by atoms with Crippen molar-refractivity contribution in [1.82, 2.24) is 9.71 Å². The van der Waals surface area contributed by atoms with Crippen LogP contribution in [-0.2, 0) is 16.4 Å². The van der Waals surface area contributed by atoms with Gasteiger partial charge < -0.3 is 4.98 Å². The number of sulfonamides is 1. The van der Waals surface area contributed by atoms with E-state index in [-0.39, 0.29) is 17.3 Å². The topological polar surface area (TPSA) is 62.0 Å². The molecule has 0 aliphatic heterocycles. The molecule has 0 saturated carbocycles. The molecule has 2 aromatic carbocycles. The summed E-state index contributed by atoms with van der Waals surface area (Å²) in [6.45, 7) is 1.70. The van der Waals surface area contributed by atoms with Gasteiger partial charge in [0, 0.05) is 23.6 Å². The summed E-state index contributed by atoms with van der Waals surface area (Å²) in [4.78, 5) is 3.07. The summed E-state index contributed by atoms with van der Waals surface area (Å²) in [5, 5.41) is 0.729. The van der Waals surface area contributed by atoms with Gasteiger partial charge in [-0.3, -0.25) is 0 Å². The van der Waals surface area contributed by atoms with Crippen molar-refractivity contribution in [2.24, 2.45) is 0 Å². The van der Waals surface area contributed by atoms with Crippen LogP contribution in [0.15, 0.2) is 47.5 Å². The number of aryl methyl sites for hydroxylation is 1. The van der Waals surface area contributed by atoms with E-state index in [0.29, 0.717) is 12.0 Å². The second kappa shape index (κ2) is 6.33. The van der Waals surface area contributed by atoms with E-state index in [1.807, 2.05) is 0 Å². The smallest absolute Gasteiger partial charge is 0.240 e. The van der Waals surface area contributed by atoms with Gasteiger partial charge in [-0.1, -0.05) is 0 Å². The van der Waals surface area contributed by atoms with Crippen molar-refractivity contribution in [1.29, 1.82) is 0 Å². The standard InChI is InChI=1S/C17H16F2N2O2S/c1-11-8-13(18)3-5-17(11)24(22,23)21-7-6-12-10-20-16-4-2-14(19)9-15(12)16/h2-5,8-10,20-21H,6-7H2,1H3. The Bertz CT molecular complexity index is 997. The molecule has 24 heavy (non-hydrogen) atoms. The van der Waals surface area contributed by atoms with Crippen LogP contribution in [0.3, 0.4) is 0 Å². The third-order valence-corrected chi connectivity index (χ3v) is 5.46. The number of hydrogen-bond donors (Lipinski definition) is 2. The molecule has 0 spiro atoms. The maximum atomic E-state index is 13.3. The first-order chi connectivity index (χ1) is 11.4. The minimum Gasteiger partial charge on any atom is -0.361 e. The summed E-state index contributed by atoms with van der Waals surface area (Å²) in [6.07, 6.45) is 2.14. The van der Waals surface area contributed by atoms with Crippen LogP contribution in [0.5, 0.6) is 0 Å². The molecule has 0 bridgehead atoms. The van der Waals surface area contributed by atoms with Gasteiger partial charge in [0.1, 0.15) is 11.6 Å². The molecule has 0 atom stereocenters. The normalized spacial score (nSPS) is 12.0. The highest BCUT2D eigenvalue weighted by atomic mass is 32.2. The number of rotatable bonds is 5. The molecule has 0 aliphatic carbocycles. The quantitative estimate of drug-likeness (QED) is 0.742. The number of fused-ring (bicyclic) bond motifs is 1. The zero-order chi connectivity index (χ0) is 17.3. The summed E-state index contributed by atoms with van der Waals surface area (Å²) in [7, 11) is -3.72. The average Bonchev–Trinajstić information content (AvgIpc) is 2.89. The van der Waals surface area contributed by atoms with Crippen molar-refractivity contribution < 1.29 is 17.2 Å². The Kier molecular flexibility index (Phi) is 4.38. The third kappa shape index (κ3) is 3.32.